The van der Waals surface area contributed by atoms with Crippen LogP contribution in [-0.2, 0) is 0 Å². The van der Waals surface area contributed by atoms with Gasteiger partial charge >= 0.3 is 201 Å². The van der Waals surface area contributed by atoms with Crippen LogP contribution in [0.4, 0.5) is 0 Å². The van der Waals surface area contributed by atoms with Crippen molar-refractivity contribution in [2.24, 2.45) is 0 Å². The molecular weight excluding hydrogens is 510 g/mol. The molecule has 0 N–H and O–H groups in total. The van der Waals surface area contributed by atoms with Crippen molar-refractivity contribution >= 4 is 55.4 Å². The summed E-state index contributed by atoms with van der Waals surface area (Å²) < 4.78 is 8.85. The summed E-state index contributed by atoms with van der Waals surface area (Å²) in [5, 5.41) is 0. The average Bonchev–Trinajstić information content (AvgIpc) is 2.88. The molecule has 5 aromatic carbocycles. The zero-order valence-electron chi connectivity index (χ0n) is 17.8. The summed E-state index contributed by atoms with van der Waals surface area (Å²) in [6, 6.07) is 53.8. The predicted octanol–water partition coefficient (Wildman–Crippen LogP) is 2.72. The van der Waals surface area contributed by atoms with Gasteiger partial charge in [-0.3, -0.25) is 0 Å². The third-order valence-electron chi connectivity index (χ3n) is 5.42. The van der Waals surface area contributed by atoms with Gasteiger partial charge in [-0.25, -0.2) is 0 Å². The van der Waals surface area contributed by atoms with Crippen LogP contribution in [0.25, 0.3) is 0 Å². The fourth-order valence-electron chi connectivity index (χ4n) is 3.95. The van der Waals surface area contributed by atoms with Crippen LogP contribution in [0, 0.1) is 0 Å². The Morgan fingerprint density at radius 2 is 0.406 bits per heavy atom. The molecule has 0 nitrogen and oxygen atoms in total. The molecular formula is C30H24As2. The van der Waals surface area contributed by atoms with E-state index in [2.05, 4.69) is 146 Å². The Labute approximate surface area is 200 Å². The molecule has 0 atom stereocenters. The van der Waals surface area contributed by atoms with Gasteiger partial charge in [0.15, 0.2) is 0 Å². The van der Waals surface area contributed by atoms with E-state index in [0.29, 0.717) is 0 Å². The zero-order valence-corrected chi connectivity index (χ0v) is 21.5. The van der Waals surface area contributed by atoms with Crippen molar-refractivity contribution < 1.29 is 0 Å². The molecule has 0 aliphatic heterocycles. The fourth-order valence-corrected chi connectivity index (χ4v) is 13.5. The standard InChI is InChI=1S/C30H24As2/c1-5-13-25(14-6-1)31(26-15-7-2-8-16-26)29-21-23-30(24-22-29)32(27-17-9-3-10-18-27)28-19-11-4-12-20-28/h1-24H. The Morgan fingerprint density at radius 3 is 0.625 bits per heavy atom. The van der Waals surface area contributed by atoms with E-state index in [0.717, 1.165) is 0 Å². The summed E-state index contributed by atoms with van der Waals surface area (Å²) in [6.45, 7) is 0. The second-order valence-electron chi connectivity index (χ2n) is 7.53. The van der Waals surface area contributed by atoms with Gasteiger partial charge in [-0.2, -0.15) is 0 Å². The number of hydrogen-bond donors (Lipinski definition) is 0. The van der Waals surface area contributed by atoms with Crippen molar-refractivity contribution in [2.45, 2.75) is 0 Å². The molecule has 0 saturated carbocycles. The maximum atomic E-state index is 2.41. The molecule has 0 amide bonds. The molecule has 5 rings (SSSR count). The zero-order chi connectivity index (χ0) is 21.6. The number of benzene rings is 5. The Bertz CT molecular complexity index is 1060. The molecule has 5 aromatic rings. The van der Waals surface area contributed by atoms with Crippen LogP contribution in [0.2, 0.25) is 0 Å². The quantitative estimate of drug-likeness (QED) is 0.294. The minimum absolute atomic E-state index is 1.47. The third kappa shape index (κ3) is 4.68. The van der Waals surface area contributed by atoms with Crippen LogP contribution in [0.1, 0.15) is 0 Å². The average molecular weight is 534 g/mol. The van der Waals surface area contributed by atoms with E-state index >= 15 is 0 Å². The molecule has 0 heterocycles. The molecule has 0 radical (unpaired) electrons. The van der Waals surface area contributed by atoms with Gasteiger partial charge in [0.1, 0.15) is 0 Å². The molecule has 0 fully saturated rings. The van der Waals surface area contributed by atoms with Crippen LogP contribution in [0.3, 0.4) is 0 Å². The van der Waals surface area contributed by atoms with Crippen molar-refractivity contribution in [2.75, 3.05) is 0 Å². The van der Waals surface area contributed by atoms with Gasteiger partial charge in [0.2, 0.25) is 0 Å². The van der Waals surface area contributed by atoms with E-state index in [4.69, 9.17) is 0 Å². The predicted molar refractivity (Wildman–Crippen MR) is 142 cm³/mol. The van der Waals surface area contributed by atoms with Crippen molar-refractivity contribution in [3.63, 3.8) is 0 Å². The van der Waals surface area contributed by atoms with Gasteiger partial charge in [0.05, 0.1) is 0 Å². The molecule has 0 aliphatic rings. The van der Waals surface area contributed by atoms with E-state index in [-0.39, 0.29) is 0 Å². The summed E-state index contributed by atoms with van der Waals surface area (Å²) in [4.78, 5) is 0. The van der Waals surface area contributed by atoms with E-state index in [9.17, 15) is 0 Å². The van der Waals surface area contributed by atoms with Crippen molar-refractivity contribution in [3.8, 4) is 0 Å². The number of hydrogen-bond acceptors (Lipinski definition) is 0. The number of rotatable bonds is 6. The first-order valence-corrected chi connectivity index (χ1v) is 16.4. The fraction of sp³-hybridized carbons (Fsp3) is 0. The van der Waals surface area contributed by atoms with Gasteiger partial charge < -0.3 is 0 Å². The summed E-state index contributed by atoms with van der Waals surface area (Å²) in [5.41, 5.74) is 0. The first-order valence-electron chi connectivity index (χ1n) is 10.8. The Kier molecular flexibility index (Phi) is 6.74. The molecule has 0 saturated heterocycles. The molecule has 0 unspecified atom stereocenters. The Hall–Kier alpha value is -2.78. The SMILES string of the molecule is c1ccc([As](c2ccccc2)c2ccc([As](c3ccccc3)c3ccccc3)cc2)cc1. The van der Waals surface area contributed by atoms with Gasteiger partial charge in [-0.1, -0.05) is 0 Å². The topological polar surface area (TPSA) is 0 Å². The van der Waals surface area contributed by atoms with Gasteiger partial charge in [-0.05, 0) is 0 Å². The molecule has 0 aliphatic carbocycles. The van der Waals surface area contributed by atoms with Gasteiger partial charge in [-0.15, -0.1) is 0 Å². The monoisotopic (exact) mass is 534 g/mol. The molecule has 0 spiro atoms. The van der Waals surface area contributed by atoms with E-state index in [1.54, 1.807) is 0 Å². The third-order valence-corrected chi connectivity index (χ3v) is 15.7. The molecule has 32 heavy (non-hydrogen) atoms. The van der Waals surface area contributed by atoms with E-state index < -0.39 is 29.3 Å². The first-order chi connectivity index (χ1) is 15.9. The minimum atomic E-state index is -1.58. The summed E-state index contributed by atoms with van der Waals surface area (Å²) in [5.74, 6) is 0. The van der Waals surface area contributed by atoms with Crippen LogP contribution < -0.4 is 26.1 Å². The molecule has 0 aromatic heterocycles. The molecule has 2 heteroatoms. The first kappa shape index (κ1) is 21.1. The Balaban J connectivity index is 1.57. The normalized spacial score (nSPS) is 11.1. The van der Waals surface area contributed by atoms with Gasteiger partial charge in [0.25, 0.3) is 0 Å². The van der Waals surface area contributed by atoms with Crippen molar-refractivity contribution in [3.05, 3.63) is 146 Å². The second kappa shape index (κ2) is 10.2. The van der Waals surface area contributed by atoms with Crippen LogP contribution >= 0.6 is 0 Å². The Morgan fingerprint density at radius 1 is 0.219 bits per heavy atom. The van der Waals surface area contributed by atoms with E-state index in [1.165, 1.54) is 26.1 Å². The summed E-state index contributed by atoms with van der Waals surface area (Å²) in [7, 11) is 0. The van der Waals surface area contributed by atoms with Gasteiger partial charge in [0, 0.05) is 0 Å². The van der Waals surface area contributed by atoms with E-state index in [1.807, 2.05) is 0 Å². The van der Waals surface area contributed by atoms with Crippen LogP contribution in [0.15, 0.2) is 146 Å². The van der Waals surface area contributed by atoms with Crippen molar-refractivity contribution in [1.29, 1.82) is 0 Å². The van der Waals surface area contributed by atoms with Crippen LogP contribution in [-0.4, -0.2) is 29.3 Å². The van der Waals surface area contributed by atoms with Crippen molar-refractivity contribution in [1.82, 2.24) is 0 Å². The second-order valence-corrected chi connectivity index (χ2v) is 16.8. The molecule has 0 bridgehead atoms. The summed E-state index contributed by atoms with van der Waals surface area (Å²) >= 11 is -3.16. The van der Waals surface area contributed by atoms with Crippen LogP contribution in [0.5, 0.6) is 0 Å². The maximum absolute atomic E-state index is 2.41. The molecule has 154 valence electrons. The summed E-state index contributed by atoms with van der Waals surface area (Å²) in [6.07, 6.45) is 0.